The van der Waals surface area contributed by atoms with Crippen LogP contribution in [0.25, 0.3) is 0 Å². The van der Waals surface area contributed by atoms with E-state index in [0.717, 1.165) is 19.5 Å². The Balaban J connectivity index is 2.59. The molecule has 0 saturated carbocycles. The number of ether oxygens (including phenoxy) is 1. The Morgan fingerprint density at radius 3 is 2.77 bits per heavy atom. The van der Waals surface area contributed by atoms with Crippen LogP contribution in [-0.4, -0.2) is 51.8 Å². The molecule has 1 fully saturated rings. The molecule has 0 aromatic carbocycles. The number of nitrogens with zero attached hydrogens (tertiary/aromatic N) is 1. The maximum atomic E-state index is 10.8. The summed E-state index contributed by atoms with van der Waals surface area (Å²) in [4.78, 5) is 2.13. The van der Waals surface area contributed by atoms with E-state index in [2.05, 4.69) is 4.90 Å². The lowest BCUT2D eigenvalue weighted by Crippen LogP contribution is -2.40. The largest absolute Gasteiger partial charge is 0.373 e. The van der Waals surface area contributed by atoms with Crippen molar-refractivity contribution in [3.8, 4) is 0 Å². The Morgan fingerprint density at radius 1 is 1.69 bits per heavy atom. The molecule has 2 unspecified atom stereocenters. The molecule has 1 heterocycles. The fourth-order valence-electron chi connectivity index (χ4n) is 1.85. The van der Waals surface area contributed by atoms with Crippen LogP contribution < -0.4 is 0 Å². The maximum absolute atomic E-state index is 10.8. The van der Waals surface area contributed by atoms with E-state index in [1.165, 1.54) is 0 Å². The van der Waals surface area contributed by atoms with Gasteiger partial charge in [0.05, 0.1) is 11.4 Å². The molecule has 0 aliphatic carbocycles. The second-order valence-corrected chi connectivity index (χ2v) is 4.50. The van der Waals surface area contributed by atoms with Crippen LogP contribution in [0.15, 0.2) is 0 Å². The summed E-state index contributed by atoms with van der Waals surface area (Å²) < 4.78 is 25.2. The van der Waals surface area contributed by atoms with Gasteiger partial charge in [0, 0.05) is 19.7 Å². The summed E-state index contributed by atoms with van der Waals surface area (Å²) in [7, 11) is 2.00. The molecule has 78 valence electrons. The molecule has 0 bridgehead atoms. The summed E-state index contributed by atoms with van der Waals surface area (Å²) in [5.41, 5.74) is -0.386. The van der Waals surface area contributed by atoms with Crippen molar-refractivity contribution in [3.05, 3.63) is 0 Å². The van der Waals surface area contributed by atoms with Crippen LogP contribution in [0.4, 0.5) is 0 Å². The predicted molar refractivity (Wildman–Crippen MR) is 52.1 cm³/mol. The van der Waals surface area contributed by atoms with E-state index in [9.17, 15) is 4.21 Å². The summed E-state index contributed by atoms with van der Waals surface area (Å²) in [5.74, 6) is 0.227. The lowest BCUT2D eigenvalue weighted by Gasteiger charge is -2.27. The first kappa shape index (κ1) is 11.1. The van der Waals surface area contributed by atoms with Gasteiger partial charge in [-0.1, -0.05) is 0 Å². The van der Waals surface area contributed by atoms with Gasteiger partial charge in [-0.15, -0.1) is 0 Å². The summed E-state index contributed by atoms with van der Waals surface area (Å²) >= 11 is -1.76. The third kappa shape index (κ3) is 3.02. The minimum atomic E-state index is -1.76. The monoisotopic (exact) mass is 207 g/mol. The van der Waals surface area contributed by atoms with Crippen molar-refractivity contribution in [1.29, 1.82) is 0 Å². The molecule has 5 heteroatoms. The molecule has 2 atom stereocenters. The van der Waals surface area contributed by atoms with E-state index in [1.54, 1.807) is 0 Å². The second kappa shape index (κ2) is 4.50. The van der Waals surface area contributed by atoms with Crippen LogP contribution in [-0.2, 0) is 15.8 Å². The van der Waals surface area contributed by atoms with Gasteiger partial charge >= 0.3 is 0 Å². The zero-order valence-electron chi connectivity index (χ0n) is 8.15. The SMILES string of the molecule is CCOC1(CS(=O)O)CCN(C)C1. The molecule has 0 amide bonds. The van der Waals surface area contributed by atoms with Crippen molar-refractivity contribution in [3.63, 3.8) is 0 Å². The topological polar surface area (TPSA) is 49.8 Å². The van der Waals surface area contributed by atoms with Gasteiger partial charge in [0.15, 0.2) is 11.1 Å². The first-order valence-corrected chi connectivity index (χ1v) is 5.75. The van der Waals surface area contributed by atoms with Crippen molar-refractivity contribution >= 4 is 11.1 Å². The Labute approximate surface area is 81.5 Å². The fourth-order valence-corrected chi connectivity index (χ4v) is 2.62. The van der Waals surface area contributed by atoms with Crippen LogP contribution in [0.3, 0.4) is 0 Å². The van der Waals surface area contributed by atoms with E-state index >= 15 is 0 Å². The van der Waals surface area contributed by atoms with Crippen LogP contribution in [0.2, 0.25) is 0 Å². The van der Waals surface area contributed by atoms with Crippen LogP contribution in [0, 0.1) is 0 Å². The van der Waals surface area contributed by atoms with Gasteiger partial charge in [0.2, 0.25) is 0 Å². The van der Waals surface area contributed by atoms with Gasteiger partial charge in [-0.2, -0.15) is 0 Å². The zero-order chi connectivity index (χ0) is 9.90. The molecule has 1 aliphatic rings. The second-order valence-electron chi connectivity index (χ2n) is 3.57. The van der Waals surface area contributed by atoms with Gasteiger partial charge in [0.25, 0.3) is 0 Å². The molecule has 0 aromatic rings. The molecule has 4 nitrogen and oxygen atoms in total. The first-order chi connectivity index (χ1) is 6.08. The van der Waals surface area contributed by atoms with Crippen LogP contribution in [0.5, 0.6) is 0 Å². The highest BCUT2D eigenvalue weighted by molar-refractivity contribution is 7.79. The smallest absolute Gasteiger partial charge is 0.155 e. The fraction of sp³-hybridized carbons (Fsp3) is 1.00. The molecular weight excluding hydrogens is 190 g/mol. The number of hydrogen-bond donors (Lipinski definition) is 1. The molecule has 1 rings (SSSR count). The normalized spacial score (nSPS) is 32.2. The van der Waals surface area contributed by atoms with E-state index in [0.29, 0.717) is 6.61 Å². The van der Waals surface area contributed by atoms with Gasteiger partial charge in [-0.05, 0) is 20.4 Å². The number of rotatable bonds is 4. The average Bonchev–Trinajstić information content (AvgIpc) is 2.31. The third-order valence-corrected chi connectivity index (χ3v) is 3.12. The van der Waals surface area contributed by atoms with Gasteiger partial charge in [-0.25, -0.2) is 4.21 Å². The summed E-state index contributed by atoms with van der Waals surface area (Å²) in [6.07, 6.45) is 0.851. The lowest BCUT2D eigenvalue weighted by molar-refractivity contribution is -0.0121. The van der Waals surface area contributed by atoms with Gasteiger partial charge in [-0.3, -0.25) is 0 Å². The quantitative estimate of drug-likeness (QED) is 0.674. The number of likely N-dealkylation sites (tertiary alicyclic amines) is 1. The Kier molecular flexibility index (Phi) is 3.85. The number of likely N-dealkylation sites (N-methyl/N-ethyl adjacent to an activating group) is 1. The molecule has 1 N–H and O–H groups in total. The Bertz CT molecular complexity index is 196. The van der Waals surface area contributed by atoms with Crippen molar-refractivity contribution in [2.75, 3.05) is 32.5 Å². The van der Waals surface area contributed by atoms with E-state index < -0.39 is 11.1 Å². The van der Waals surface area contributed by atoms with Crippen molar-refractivity contribution < 1.29 is 13.5 Å². The van der Waals surface area contributed by atoms with E-state index in [4.69, 9.17) is 9.29 Å². The van der Waals surface area contributed by atoms with Crippen molar-refractivity contribution in [2.45, 2.75) is 18.9 Å². The molecular formula is C8H17NO3S. The molecule has 13 heavy (non-hydrogen) atoms. The Morgan fingerprint density at radius 2 is 2.38 bits per heavy atom. The Hall–Kier alpha value is 0.0300. The highest BCUT2D eigenvalue weighted by Gasteiger charge is 2.38. The summed E-state index contributed by atoms with van der Waals surface area (Å²) in [6.45, 7) is 4.22. The van der Waals surface area contributed by atoms with E-state index in [-0.39, 0.29) is 11.4 Å². The molecule has 1 saturated heterocycles. The summed E-state index contributed by atoms with van der Waals surface area (Å²) in [6, 6.07) is 0. The lowest BCUT2D eigenvalue weighted by atomic mass is 10.1. The van der Waals surface area contributed by atoms with Gasteiger partial charge in [0.1, 0.15) is 0 Å². The predicted octanol–water partition coefficient (Wildman–Crippen LogP) is 0.319. The highest BCUT2D eigenvalue weighted by atomic mass is 32.2. The molecule has 1 aliphatic heterocycles. The van der Waals surface area contributed by atoms with Crippen LogP contribution in [0.1, 0.15) is 13.3 Å². The van der Waals surface area contributed by atoms with Crippen molar-refractivity contribution in [2.24, 2.45) is 0 Å². The summed E-state index contributed by atoms with van der Waals surface area (Å²) in [5, 5.41) is 0. The standard InChI is InChI=1S/C8H17NO3S/c1-3-12-8(7-13(10)11)4-5-9(2)6-8/h3-7H2,1-2H3,(H,10,11). The van der Waals surface area contributed by atoms with E-state index in [1.807, 2.05) is 14.0 Å². The average molecular weight is 207 g/mol. The number of hydrogen-bond acceptors (Lipinski definition) is 3. The minimum absolute atomic E-state index is 0.227. The van der Waals surface area contributed by atoms with Crippen LogP contribution >= 0.6 is 0 Å². The molecule has 0 radical (unpaired) electrons. The van der Waals surface area contributed by atoms with Crippen molar-refractivity contribution in [1.82, 2.24) is 4.90 Å². The minimum Gasteiger partial charge on any atom is -0.373 e. The zero-order valence-corrected chi connectivity index (χ0v) is 8.97. The highest BCUT2D eigenvalue weighted by Crippen LogP contribution is 2.25. The molecule has 0 aromatic heterocycles. The first-order valence-electron chi connectivity index (χ1n) is 4.48. The molecule has 0 spiro atoms. The maximum Gasteiger partial charge on any atom is 0.155 e. The third-order valence-electron chi connectivity index (χ3n) is 2.34. The van der Waals surface area contributed by atoms with Gasteiger partial charge < -0.3 is 14.2 Å².